The molecule has 1 aliphatic rings. The summed E-state index contributed by atoms with van der Waals surface area (Å²) in [7, 11) is 31.1. The van der Waals surface area contributed by atoms with Crippen molar-refractivity contribution in [2.45, 2.75) is 43.7 Å². The fraction of sp³-hybridized carbons (Fsp3) is 0.393. The van der Waals surface area contributed by atoms with E-state index in [1.54, 1.807) is 37.0 Å². The second kappa shape index (κ2) is 13.8. The van der Waals surface area contributed by atoms with E-state index < -0.39 is 31.0 Å². The van der Waals surface area contributed by atoms with Crippen LogP contribution in [0.5, 0.6) is 5.75 Å². The van der Waals surface area contributed by atoms with Gasteiger partial charge in [0.15, 0.2) is 16.7 Å². The zero-order chi connectivity index (χ0) is 33.4. The summed E-state index contributed by atoms with van der Waals surface area (Å²) in [4.78, 5) is 4.63. The number of aryl methyl sites for hydroxylation is 1. The molecule has 0 unspecified atom stereocenters. The second-order valence-electron chi connectivity index (χ2n) is 10.7. The van der Waals surface area contributed by atoms with Gasteiger partial charge in [0, 0.05) is 53.7 Å². The van der Waals surface area contributed by atoms with Crippen LogP contribution < -0.4 is 10.1 Å². The topological polar surface area (TPSA) is 97.5 Å². The monoisotopic (exact) mass is 652 g/mol. The smallest absolute Gasteiger partial charge is 0.334 e. The van der Waals surface area contributed by atoms with Gasteiger partial charge in [-0.1, -0.05) is 11.6 Å². The van der Waals surface area contributed by atoms with Crippen LogP contribution in [0.2, 0.25) is 10.3 Å². The Morgan fingerprint density at radius 3 is 2.50 bits per heavy atom. The van der Waals surface area contributed by atoms with E-state index in [1.807, 2.05) is 20.0 Å². The number of fused-ring (bicyclic) bond motifs is 7. The molecule has 0 fully saturated rings. The molecule has 0 amide bonds. The number of anilines is 1. The van der Waals surface area contributed by atoms with E-state index in [9.17, 15) is 4.39 Å². The van der Waals surface area contributed by atoms with Crippen LogP contribution in [0, 0.1) is 5.82 Å². The van der Waals surface area contributed by atoms with Gasteiger partial charge in [0.05, 0.1) is 63.8 Å². The summed E-state index contributed by atoms with van der Waals surface area (Å²) in [5.41, 5.74) is 3.88. The Bertz CT molecular complexity index is 1720. The predicted octanol–water partition coefficient (Wildman–Crippen LogP) is 4.39. The largest absolute Gasteiger partial charge is 0.482 e. The summed E-state index contributed by atoms with van der Waals surface area (Å²) in [6.07, 6.45) is 2.92. The number of rotatable bonds is 10. The lowest BCUT2D eigenvalue weighted by molar-refractivity contribution is 0.177. The Morgan fingerprint density at radius 2 is 1.83 bits per heavy atom. The molecule has 3 aromatic heterocycles. The highest BCUT2D eigenvalue weighted by Crippen LogP contribution is 2.44. The number of nitrogens with one attached hydrogen (secondary N) is 1. The third-order valence-electron chi connectivity index (χ3n) is 7.27. The molecule has 46 heavy (non-hydrogen) atoms. The number of pyridine rings is 1. The van der Waals surface area contributed by atoms with Crippen molar-refractivity contribution in [2.24, 2.45) is 7.05 Å². The maximum absolute atomic E-state index is 14.7. The van der Waals surface area contributed by atoms with Crippen molar-refractivity contribution >= 4 is 65.3 Å². The van der Waals surface area contributed by atoms with Gasteiger partial charge >= 0.3 is 8.60 Å². The Kier molecular flexibility index (Phi) is 10.3. The summed E-state index contributed by atoms with van der Waals surface area (Å²) in [5, 5.41) is 8.09. The van der Waals surface area contributed by atoms with E-state index in [2.05, 4.69) is 15.4 Å². The van der Waals surface area contributed by atoms with Gasteiger partial charge in [-0.05, 0) is 50.4 Å². The van der Waals surface area contributed by atoms with E-state index in [1.165, 1.54) is 16.8 Å². The highest BCUT2D eigenvalue weighted by atomic mass is 35.5. The van der Waals surface area contributed by atoms with Gasteiger partial charge in [-0.15, -0.1) is 5.11 Å². The molecule has 4 heterocycles. The van der Waals surface area contributed by atoms with Gasteiger partial charge in [0.2, 0.25) is 0 Å². The summed E-state index contributed by atoms with van der Waals surface area (Å²) in [6, 6.07) is 6.15. The SMILES string of the molecule is [B]C([B])([B])C([B])([B])n1nc(Cl)c2c1-c1cnc(NCOP(OCC)OCC)c(c1)O[C@H](C)c1cc(F)ccc1-c1nn(C)cc1C2. The molecular formula is C28H28B5ClFN6O4P. The standard InChI is InChI=1S/C28H28B5ClFN6O4P/c1-5-42-46(43-6-2)44-14-37-26-22-10-16(12-36-26)24-21(25(34)39-41(24)28(32,33)27(29,30)31)9-17-13-40(4)38-23(17)19-8-7-18(35)11-20(19)15(3)45-22/h7-8,10-13,15H,5-6,9,14H2,1-4H3,(H,36,37)/t15-/m1/s1. The Morgan fingerprint density at radius 1 is 1.11 bits per heavy atom. The van der Waals surface area contributed by atoms with Gasteiger partial charge in [-0.2, -0.15) is 10.2 Å². The minimum absolute atomic E-state index is 0.0228. The molecule has 10 radical (unpaired) electrons. The van der Waals surface area contributed by atoms with E-state index in [4.69, 9.17) is 74.2 Å². The van der Waals surface area contributed by atoms with Gasteiger partial charge < -0.3 is 19.1 Å². The minimum Gasteiger partial charge on any atom is -0.482 e. The maximum Gasteiger partial charge on any atom is 0.334 e. The minimum atomic E-state index is -2.12. The Hall–Kier alpha value is -2.76. The van der Waals surface area contributed by atoms with Gasteiger partial charge in [-0.3, -0.25) is 13.9 Å². The van der Waals surface area contributed by atoms with Crippen molar-refractivity contribution in [1.82, 2.24) is 24.5 Å². The third kappa shape index (κ3) is 6.92. The molecule has 1 atom stereocenters. The van der Waals surface area contributed by atoms with Crippen LogP contribution >= 0.6 is 20.2 Å². The normalized spacial score (nSPS) is 14.9. The summed E-state index contributed by atoms with van der Waals surface area (Å²) >= 11 is 6.78. The molecule has 0 saturated heterocycles. The Balaban J connectivity index is 1.71. The summed E-state index contributed by atoms with van der Waals surface area (Å²) < 4.78 is 40.8. The van der Waals surface area contributed by atoms with Crippen molar-refractivity contribution in [2.75, 3.05) is 25.3 Å². The summed E-state index contributed by atoms with van der Waals surface area (Å²) in [6.45, 7) is 6.29. The predicted molar refractivity (Wildman–Crippen MR) is 180 cm³/mol. The first-order valence-electron chi connectivity index (χ1n) is 14.4. The zero-order valence-corrected chi connectivity index (χ0v) is 27.5. The lowest BCUT2D eigenvalue weighted by Gasteiger charge is -2.43. The fourth-order valence-electron chi connectivity index (χ4n) is 5.02. The molecule has 0 aliphatic carbocycles. The molecular weight excluding hydrogens is 624 g/mol. The van der Waals surface area contributed by atoms with Crippen molar-refractivity contribution in [3.05, 3.63) is 64.3 Å². The van der Waals surface area contributed by atoms with Crippen molar-refractivity contribution in [3.63, 3.8) is 0 Å². The van der Waals surface area contributed by atoms with Gasteiger partial charge in [0.25, 0.3) is 0 Å². The first-order valence-corrected chi connectivity index (χ1v) is 15.9. The number of hydrogen-bond donors (Lipinski definition) is 1. The number of benzene rings is 1. The maximum atomic E-state index is 14.7. The van der Waals surface area contributed by atoms with Crippen LogP contribution in [0.3, 0.4) is 0 Å². The number of hydrogen-bond acceptors (Lipinski definition) is 8. The third-order valence-corrected chi connectivity index (χ3v) is 8.85. The molecule has 4 aromatic rings. The fourth-order valence-corrected chi connectivity index (χ4v) is 6.07. The molecule has 228 valence electrons. The molecule has 0 saturated carbocycles. The second-order valence-corrected chi connectivity index (χ2v) is 12.3. The van der Waals surface area contributed by atoms with E-state index in [-0.39, 0.29) is 24.1 Å². The zero-order valence-electron chi connectivity index (χ0n) is 25.8. The van der Waals surface area contributed by atoms with Crippen LogP contribution in [0.15, 0.2) is 36.7 Å². The molecule has 2 bridgehead atoms. The van der Waals surface area contributed by atoms with Crippen LogP contribution in [0.1, 0.15) is 43.6 Å². The average molecular weight is 652 g/mol. The lowest BCUT2D eigenvalue weighted by atomic mass is 9.26. The van der Waals surface area contributed by atoms with Crippen LogP contribution in [-0.2, 0) is 32.4 Å². The van der Waals surface area contributed by atoms with Gasteiger partial charge in [0.1, 0.15) is 18.7 Å². The van der Waals surface area contributed by atoms with Crippen molar-refractivity contribution in [1.29, 1.82) is 0 Å². The number of nitrogens with zero attached hydrogens (tertiary/aromatic N) is 5. The number of ether oxygens (including phenoxy) is 1. The summed E-state index contributed by atoms with van der Waals surface area (Å²) in [5.74, 6) is 0.153. The van der Waals surface area contributed by atoms with E-state index >= 15 is 0 Å². The van der Waals surface area contributed by atoms with E-state index in [0.717, 1.165) is 5.56 Å². The molecule has 5 rings (SSSR count). The molecule has 1 N–H and O–H groups in total. The van der Waals surface area contributed by atoms with Gasteiger partial charge in [-0.25, -0.2) is 9.37 Å². The number of halogens is 2. The molecule has 10 nitrogen and oxygen atoms in total. The van der Waals surface area contributed by atoms with Crippen LogP contribution in [0.25, 0.3) is 22.5 Å². The lowest BCUT2D eigenvalue weighted by Crippen LogP contribution is -2.49. The van der Waals surface area contributed by atoms with Crippen molar-refractivity contribution < 1.29 is 22.7 Å². The van der Waals surface area contributed by atoms with E-state index in [0.29, 0.717) is 52.7 Å². The highest BCUT2D eigenvalue weighted by molar-refractivity contribution is 7.41. The van der Waals surface area contributed by atoms with Crippen LogP contribution in [-0.4, -0.2) is 83.7 Å². The molecule has 18 heteroatoms. The molecule has 1 aliphatic heterocycles. The quantitative estimate of drug-likeness (QED) is 0.153. The first kappa shape index (κ1) is 34.6. The Labute approximate surface area is 280 Å². The molecule has 0 spiro atoms. The van der Waals surface area contributed by atoms with Crippen LogP contribution in [0.4, 0.5) is 10.2 Å². The molecule has 1 aromatic carbocycles. The van der Waals surface area contributed by atoms with Crippen molar-refractivity contribution in [3.8, 4) is 28.3 Å². The average Bonchev–Trinajstić information content (AvgIpc) is 3.52. The number of aromatic nitrogens is 5. The highest BCUT2D eigenvalue weighted by Gasteiger charge is 2.37. The first-order chi connectivity index (χ1) is 21.7.